The van der Waals surface area contributed by atoms with E-state index in [1.807, 2.05) is 6.20 Å². The van der Waals surface area contributed by atoms with Crippen LogP contribution in [0.25, 0.3) is 0 Å². The molecule has 0 saturated carbocycles. The Bertz CT molecular complexity index is 580. The van der Waals surface area contributed by atoms with Crippen molar-refractivity contribution >= 4 is 5.69 Å². The molecule has 4 heteroatoms. The van der Waals surface area contributed by atoms with Crippen molar-refractivity contribution in [3.05, 3.63) is 48.3 Å². The van der Waals surface area contributed by atoms with Crippen LogP contribution in [0.1, 0.15) is 30.4 Å². The van der Waals surface area contributed by atoms with Gasteiger partial charge in [0.1, 0.15) is 0 Å². The fourth-order valence-corrected chi connectivity index (χ4v) is 3.39. The lowest BCUT2D eigenvalue weighted by molar-refractivity contribution is 0.343. The number of benzene rings is 1. The van der Waals surface area contributed by atoms with Crippen molar-refractivity contribution in [2.24, 2.45) is 0 Å². The van der Waals surface area contributed by atoms with Crippen LogP contribution < -0.4 is 10.2 Å². The summed E-state index contributed by atoms with van der Waals surface area (Å²) < 4.78 is 2.17. The summed E-state index contributed by atoms with van der Waals surface area (Å²) in [4.78, 5) is 2.43. The van der Waals surface area contributed by atoms with Crippen LogP contribution in [-0.4, -0.2) is 36.0 Å². The summed E-state index contributed by atoms with van der Waals surface area (Å²) >= 11 is 0. The van der Waals surface area contributed by atoms with Crippen LogP contribution in [0.4, 0.5) is 5.69 Å². The first-order chi connectivity index (χ1) is 10.4. The zero-order valence-corrected chi connectivity index (χ0v) is 12.3. The number of aromatic nitrogens is 2. The maximum atomic E-state index is 4.59. The van der Waals surface area contributed by atoms with Gasteiger partial charge in [0, 0.05) is 25.2 Å². The van der Waals surface area contributed by atoms with Gasteiger partial charge in [-0.15, -0.1) is 0 Å². The number of anilines is 1. The van der Waals surface area contributed by atoms with E-state index in [0.717, 1.165) is 26.2 Å². The Hall–Kier alpha value is -1.81. The van der Waals surface area contributed by atoms with Crippen LogP contribution >= 0.6 is 0 Å². The van der Waals surface area contributed by atoms with Gasteiger partial charge in [0.2, 0.25) is 0 Å². The molecule has 0 radical (unpaired) electrons. The Balaban J connectivity index is 1.39. The predicted molar refractivity (Wildman–Crippen MR) is 84.8 cm³/mol. The van der Waals surface area contributed by atoms with Gasteiger partial charge in [0.05, 0.1) is 17.9 Å². The van der Waals surface area contributed by atoms with Crippen LogP contribution in [0.5, 0.6) is 0 Å². The van der Waals surface area contributed by atoms with Gasteiger partial charge < -0.3 is 10.2 Å². The third-order valence-electron chi connectivity index (χ3n) is 4.79. The largest absolute Gasteiger partial charge is 0.368 e. The number of nitrogens with one attached hydrogen (secondary N) is 1. The lowest BCUT2D eigenvalue weighted by Gasteiger charge is -2.40. The molecule has 0 amide bonds. The lowest BCUT2D eigenvalue weighted by atomic mass is 9.91. The summed E-state index contributed by atoms with van der Waals surface area (Å²) in [6.45, 7) is 4.45. The second kappa shape index (κ2) is 5.53. The molecule has 2 aliphatic rings. The molecule has 2 saturated heterocycles. The average Bonchev–Trinajstić information content (AvgIpc) is 2.97. The van der Waals surface area contributed by atoms with Crippen LogP contribution in [-0.2, 0) is 0 Å². The predicted octanol–water partition coefficient (Wildman–Crippen LogP) is 2.41. The molecule has 110 valence electrons. The van der Waals surface area contributed by atoms with Crippen molar-refractivity contribution in [3.63, 3.8) is 0 Å². The highest BCUT2D eigenvalue weighted by atomic mass is 15.3. The summed E-state index contributed by atoms with van der Waals surface area (Å²) in [5.41, 5.74) is 2.74. The van der Waals surface area contributed by atoms with Gasteiger partial charge in [0.25, 0.3) is 0 Å². The van der Waals surface area contributed by atoms with E-state index < -0.39 is 0 Å². The Kier molecular flexibility index (Phi) is 3.39. The highest BCUT2D eigenvalue weighted by Crippen LogP contribution is 2.32. The molecule has 2 fully saturated rings. The van der Waals surface area contributed by atoms with E-state index >= 15 is 0 Å². The van der Waals surface area contributed by atoms with Gasteiger partial charge in [-0.2, -0.15) is 5.10 Å². The monoisotopic (exact) mass is 282 g/mol. The first-order valence-electron chi connectivity index (χ1n) is 7.95. The molecule has 1 N–H and O–H groups in total. The Morgan fingerprint density at radius 1 is 1.05 bits per heavy atom. The second-order valence-electron chi connectivity index (χ2n) is 6.17. The summed E-state index contributed by atoms with van der Waals surface area (Å²) in [6, 6.07) is 11.4. The minimum Gasteiger partial charge on any atom is -0.368 e. The van der Waals surface area contributed by atoms with E-state index in [0.29, 0.717) is 12.0 Å². The van der Waals surface area contributed by atoms with Gasteiger partial charge in [-0.25, -0.2) is 0 Å². The van der Waals surface area contributed by atoms with Gasteiger partial charge >= 0.3 is 0 Å². The number of piperidine rings is 1. The van der Waals surface area contributed by atoms with Crippen LogP contribution in [0.15, 0.2) is 42.7 Å². The van der Waals surface area contributed by atoms with Gasteiger partial charge in [-0.3, -0.25) is 4.68 Å². The third-order valence-corrected chi connectivity index (χ3v) is 4.79. The molecule has 21 heavy (non-hydrogen) atoms. The van der Waals surface area contributed by atoms with E-state index in [-0.39, 0.29) is 0 Å². The number of hydrogen-bond donors (Lipinski definition) is 1. The standard InChI is InChI=1S/C17H22N4/c1-2-4-14(5-3-1)15-11-20(12-15)17-10-19-21(13-17)16-6-8-18-9-7-16/h1-5,10,13,15-16,18H,6-9,11-12H2. The molecular formula is C17H22N4. The molecule has 2 aromatic rings. The smallest absolute Gasteiger partial charge is 0.0753 e. The van der Waals surface area contributed by atoms with Crippen molar-refractivity contribution in [2.75, 3.05) is 31.1 Å². The van der Waals surface area contributed by atoms with Crippen molar-refractivity contribution in [1.82, 2.24) is 15.1 Å². The van der Waals surface area contributed by atoms with E-state index in [4.69, 9.17) is 0 Å². The summed E-state index contributed by atoms with van der Waals surface area (Å²) in [5, 5.41) is 8.00. The summed E-state index contributed by atoms with van der Waals surface area (Å²) in [6.07, 6.45) is 6.64. The highest BCUT2D eigenvalue weighted by molar-refractivity contribution is 5.48. The number of hydrogen-bond acceptors (Lipinski definition) is 3. The van der Waals surface area contributed by atoms with Crippen LogP contribution in [0.3, 0.4) is 0 Å². The number of nitrogens with zero attached hydrogens (tertiary/aromatic N) is 3. The van der Waals surface area contributed by atoms with E-state index in [2.05, 4.69) is 56.5 Å². The molecule has 1 aromatic carbocycles. The first kappa shape index (κ1) is 12.9. The lowest BCUT2D eigenvalue weighted by Crippen LogP contribution is -2.44. The fraction of sp³-hybridized carbons (Fsp3) is 0.471. The molecule has 3 heterocycles. The van der Waals surface area contributed by atoms with Crippen molar-refractivity contribution in [3.8, 4) is 0 Å². The molecule has 0 spiro atoms. The summed E-state index contributed by atoms with van der Waals surface area (Å²) in [7, 11) is 0. The van der Waals surface area contributed by atoms with Gasteiger partial charge in [0.15, 0.2) is 0 Å². The Morgan fingerprint density at radius 2 is 1.81 bits per heavy atom. The summed E-state index contributed by atoms with van der Waals surface area (Å²) in [5.74, 6) is 0.674. The van der Waals surface area contributed by atoms with E-state index in [9.17, 15) is 0 Å². The number of rotatable bonds is 3. The topological polar surface area (TPSA) is 33.1 Å². The quantitative estimate of drug-likeness (QED) is 0.938. The van der Waals surface area contributed by atoms with Gasteiger partial charge in [-0.1, -0.05) is 30.3 Å². The molecule has 4 nitrogen and oxygen atoms in total. The Morgan fingerprint density at radius 3 is 2.57 bits per heavy atom. The van der Waals surface area contributed by atoms with Crippen molar-refractivity contribution in [2.45, 2.75) is 24.8 Å². The average molecular weight is 282 g/mol. The molecule has 2 aliphatic heterocycles. The maximum absolute atomic E-state index is 4.59. The SMILES string of the molecule is c1ccc(C2CN(c3cnn(C4CCNCC4)c3)C2)cc1. The van der Waals surface area contributed by atoms with Crippen LogP contribution in [0, 0.1) is 0 Å². The Labute approximate surface area is 125 Å². The zero-order valence-electron chi connectivity index (χ0n) is 12.3. The molecule has 0 atom stereocenters. The van der Waals surface area contributed by atoms with Crippen molar-refractivity contribution < 1.29 is 0 Å². The molecule has 0 aliphatic carbocycles. The molecule has 0 bridgehead atoms. The molecule has 0 unspecified atom stereocenters. The molecular weight excluding hydrogens is 260 g/mol. The second-order valence-corrected chi connectivity index (χ2v) is 6.17. The fourth-order valence-electron chi connectivity index (χ4n) is 3.39. The normalized spacial score (nSPS) is 20.5. The van der Waals surface area contributed by atoms with E-state index in [1.165, 1.54) is 24.1 Å². The van der Waals surface area contributed by atoms with E-state index in [1.54, 1.807) is 0 Å². The van der Waals surface area contributed by atoms with Crippen molar-refractivity contribution in [1.29, 1.82) is 0 Å². The first-order valence-corrected chi connectivity index (χ1v) is 7.95. The van der Waals surface area contributed by atoms with Crippen LogP contribution in [0.2, 0.25) is 0 Å². The minimum atomic E-state index is 0.575. The molecule has 4 rings (SSSR count). The highest BCUT2D eigenvalue weighted by Gasteiger charge is 2.29. The third kappa shape index (κ3) is 2.56. The maximum Gasteiger partial charge on any atom is 0.0753 e. The minimum absolute atomic E-state index is 0.575. The van der Waals surface area contributed by atoms with Gasteiger partial charge in [-0.05, 0) is 31.5 Å². The zero-order chi connectivity index (χ0) is 14.1. The molecule has 1 aromatic heterocycles.